The highest BCUT2D eigenvalue weighted by atomic mass is 31.2. The maximum Gasteiger partial charge on any atom is 0.325 e. The van der Waals surface area contributed by atoms with Gasteiger partial charge in [-0.25, -0.2) is 0 Å². The summed E-state index contributed by atoms with van der Waals surface area (Å²) in [4.78, 5) is 37.6. The molecule has 470 valence electrons. The Morgan fingerprint density at radius 3 is 1.20 bits per heavy atom. The summed E-state index contributed by atoms with van der Waals surface area (Å²) in [5.74, 6) is -1.32. The van der Waals surface area contributed by atoms with Crippen LogP contribution in [0.3, 0.4) is 0 Å². The number of aliphatic hydroxyl groups is 17. The summed E-state index contributed by atoms with van der Waals surface area (Å²) >= 11 is 0. The topological polar surface area (TPSA) is 570 Å². The van der Waals surface area contributed by atoms with Crippen LogP contribution in [0, 0.1) is 5.92 Å². The summed E-state index contributed by atoms with van der Waals surface area (Å²) in [7, 11) is -9.37. The van der Waals surface area contributed by atoms with Crippen molar-refractivity contribution in [2.45, 2.75) is 217 Å². The minimum absolute atomic E-state index is 0.555. The highest BCUT2D eigenvalue weighted by molar-refractivity contribution is 7.52. The van der Waals surface area contributed by atoms with Gasteiger partial charge in [0, 0.05) is 5.92 Å². The first-order chi connectivity index (χ1) is 37.2. The Balaban J connectivity index is 1.19. The van der Waals surface area contributed by atoms with Crippen LogP contribution in [0.2, 0.25) is 0 Å². The molecule has 0 aromatic heterocycles. The molecule has 6 saturated heterocycles. The molecule has 0 spiro atoms. The van der Waals surface area contributed by atoms with Crippen LogP contribution in [-0.4, -0.2) is 335 Å². The third kappa shape index (κ3) is 16.6. The second-order valence-corrected chi connectivity index (χ2v) is 24.9. The molecule has 0 aromatic rings. The maximum absolute atomic E-state index is 11.8. The first-order valence-corrected chi connectivity index (χ1v) is 29.0. The fraction of sp³-hybridized carbons (Fsp3) is 1.00. The Morgan fingerprint density at radius 2 is 0.738 bits per heavy atom. The van der Waals surface area contributed by atoms with Gasteiger partial charge in [0.15, 0.2) is 37.7 Å². The lowest BCUT2D eigenvalue weighted by Crippen LogP contribution is -2.67. The molecule has 12 unspecified atom stereocenters. The van der Waals surface area contributed by atoms with Gasteiger partial charge in [0.05, 0.1) is 75.4 Å². The standard InChI is InChI=1S/C43H78O35P2/c1-43(2,3)78-40-33(60)34(75-42-36(29(56)23(50)17(10-46)72-42)77-39-32(59)27(54)22(49)15(70-39)5-7-80(64,65)66)25(52)19(74-40)12-67-37-30(57)28(55)24(51)18(73-37)11-68-41-35(20(47)13(8-44)16(9-45)71-41)76-38-31(58)26(53)21(48)14(69-38)4-6-79(61,62)63/h13-42,44-60H,4-12H2,1-3H3,(H2,61,62,63)(H2,64,65,66)/t13-,14?,15?,16?,17?,18?,19?,20+,21-,22-,23-,24-,25-,26?,27+,28+,29+,30?,31-,32?,33?,34+,35?,36?,37+,38-,39-,40+,41+,42-/m1/s1. The Kier molecular flexibility index (Phi) is 24.2. The minimum Gasteiger partial charge on any atom is -0.396 e. The first kappa shape index (κ1) is 68.3. The number of hydrogen-bond donors (Lipinski definition) is 21. The van der Waals surface area contributed by atoms with Crippen molar-refractivity contribution in [3.8, 4) is 0 Å². The first-order valence-electron chi connectivity index (χ1n) is 25.5. The zero-order chi connectivity index (χ0) is 59.7. The highest BCUT2D eigenvalue weighted by Gasteiger charge is 2.57. The van der Waals surface area contributed by atoms with Gasteiger partial charge in [-0.05, 0) is 33.6 Å². The maximum atomic E-state index is 11.8. The van der Waals surface area contributed by atoms with Gasteiger partial charge in [-0.1, -0.05) is 0 Å². The molecule has 6 rings (SSSR count). The van der Waals surface area contributed by atoms with Crippen molar-refractivity contribution in [1.29, 1.82) is 0 Å². The molecule has 6 fully saturated rings. The summed E-state index contributed by atoms with van der Waals surface area (Å²) in [5, 5.41) is 184. The lowest BCUT2D eigenvalue weighted by atomic mass is 9.89. The van der Waals surface area contributed by atoms with Crippen molar-refractivity contribution in [2.75, 3.05) is 45.4 Å². The Morgan fingerprint density at radius 1 is 0.362 bits per heavy atom. The summed E-state index contributed by atoms with van der Waals surface area (Å²) in [6.45, 7) is 0.237. The van der Waals surface area contributed by atoms with Crippen LogP contribution < -0.4 is 0 Å². The molecule has 35 nitrogen and oxygen atoms in total. The molecule has 6 aliphatic heterocycles. The molecule has 0 amide bonds. The van der Waals surface area contributed by atoms with E-state index in [2.05, 4.69) is 0 Å². The predicted octanol–water partition coefficient (Wildman–Crippen LogP) is -10.9. The predicted molar refractivity (Wildman–Crippen MR) is 251 cm³/mol. The third-order valence-electron chi connectivity index (χ3n) is 14.3. The Bertz CT molecular complexity index is 2000. The minimum atomic E-state index is -4.70. The van der Waals surface area contributed by atoms with E-state index in [0.717, 1.165) is 0 Å². The quantitative estimate of drug-likeness (QED) is 0.0448. The molecule has 0 aliphatic carbocycles. The van der Waals surface area contributed by atoms with Gasteiger partial charge in [-0.15, -0.1) is 0 Å². The van der Waals surface area contributed by atoms with E-state index in [1.54, 1.807) is 20.8 Å². The van der Waals surface area contributed by atoms with E-state index < -0.39 is 263 Å². The van der Waals surface area contributed by atoms with Crippen molar-refractivity contribution < 1.29 is 172 Å². The molecule has 0 aromatic carbocycles. The van der Waals surface area contributed by atoms with Gasteiger partial charge in [0.25, 0.3) is 0 Å². The summed E-state index contributed by atoms with van der Waals surface area (Å²) in [5.41, 5.74) is -1.13. The second kappa shape index (κ2) is 28.3. The largest absolute Gasteiger partial charge is 0.396 e. The van der Waals surface area contributed by atoms with Crippen molar-refractivity contribution >= 4 is 15.2 Å². The Hall–Kier alpha value is -0.860. The lowest BCUT2D eigenvalue weighted by Gasteiger charge is -2.49. The van der Waals surface area contributed by atoms with Gasteiger partial charge < -0.3 is 163 Å². The van der Waals surface area contributed by atoms with Crippen molar-refractivity contribution in [1.82, 2.24) is 0 Å². The molecular weight excluding hydrogens is 1140 g/mol. The van der Waals surface area contributed by atoms with E-state index in [0.29, 0.717) is 0 Å². The molecular formula is C43H78O35P2. The number of hydrogen-bond acceptors (Lipinski definition) is 31. The van der Waals surface area contributed by atoms with Crippen LogP contribution in [0.4, 0.5) is 0 Å². The van der Waals surface area contributed by atoms with Gasteiger partial charge in [0.2, 0.25) is 0 Å². The summed E-state index contributed by atoms with van der Waals surface area (Å²) in [6, 6.07) is 0. The SMILES string of the molecule is CC(C)(C)O[C@@H]1OC(CO[C@H]2OC(CO[C@H]3OC(CO)[C@@H](CO)[C@H](O)C3O[C@H]3OC(CCP(=O)(O)O)[C@@H](O)C(O)[C@H]3O)[C@@H](O)[C@H](O)C2O)[C@@H](O)[C@H](O[C@H]2OC(CO)[C@@H](O)[C@H](O)C2O[C@H]2OC(CCP(=O)(O)O)[C@@H](O)[C@H](O)C2O)C1O. The molecule has 37 heteroatoms. The molecule has 0 radical (unpaired) electrons. The fourth-order valence-electron chi connectivity index (χ4n) is 9.78. The molecule has 30 atom stereocenters. The van der Waals surface area contributed by atoms with Crippen molar-refractivity contribution in [3.63, 3.8) is 0 Å². The van der Waals surface area contributed by atoms with E-state index in [1.165, 1.54) is 0 Å². The normalized spacial score (nSPS) is 47.3. The number of aliphatic hydroxyl groups excluding tert-OH is 17. The van der Waals surface area contributed by atoms with Gasteiger partial charge in [0.1, 0.15) is 116 Å². The lowest BCUT2D eigenvalue weighted by molar-refractivity contribution is -0.393. The van der Waals surface area contributed by atoms with Crippen LogP contribution in [0.5, 0.6) is 0 Å². The molecule has 0 saturated carbocycles. The summed E-state index contributed by atoms with van der Waals surface area (Å²) in [6.07, 6.45) is -58.4. The van der Waals surface area contributed by atoms with Crippen LogP contribution in [-0.2, 0) is 66.0 Å². The van der Waals surface area contributed by atoms with Crippen LogP contribution in [0.15, 0.2) is 0 Å². The number of rotatable bonds is 22. The molecule has 80 heavy (non-hydrogen) atoms. The van der Waals surface area contributed by atoms with Crippen LogP contribution in [0.25, 0.3) is 0 Å². The number of ether oxygens (including phenoxy) is 12. The van der Waals surface area contributed by atoms with E-state index in [4.69, 9.17) is 56.8 Å². The highest BCUT2D eigenvalue weighted by Crippen LogP contribution is 2.41. The van der Waals surface area contributed by atoms with Crippen molar-refractivity contribution in [3.05, 3.63) is 0 Å². The Labute approximate surface area is 455 Å². The van der Waals surface area contributed by atoms with E-state index in [1.807, 2.05) is 0 Å². The monoisotopic (exact) mass is 1220 g/mol. The third-order valence-corrected chi connectivity index (χ3v) is 16.0. The zero-order valence-corrected chi connectivity index (χ0v) is 45.0. The van der Waals surface area contributed by atoms with Crippen LogP contribution >= 0.6 is 15.2 Å². The van der Waals surface area contributed by atoms with Crippen molar-refractivity contribution in [2.24, 2.45) is 5.92 Å². The molecule has 6 heterocycles. The van der Waals surface area contributed by atoms with E-state index in [-0.39, 0.29) is 0 Å². The van der Waals surface area contributed by atoms with E-state index in [9.17, 15) is 116 Å². The fourth-order valence-corrected chi connectivity index (χ4v) is 11.0. The van der Waals surface area contributed by atoms with Crippen LogP contribution in [0.1, 0.15) is 33.6 Å². The smallest absolute Gasteiger partial charge is 0.325 e. The average Bonchev–Trinajstić information content (AvgIpc) is 3.38. The molecule has 21 N–H and O–H groups in total. The molecule has 0 bridgehead atoms. The summed E-state index contributed by atoms with van der Waals surface area (Å²) < 4.78 is 92.5. The zero-order valence-electron chi connectivity index (χ0n) is 43.2. The second-order valence-electron chi connectivity index (χ2n) is 21.4. The van der Waals surface area contributed by atoms with Gasteiger partial charge >= 0.3 is 15.2 Å². The van der Waals surface area contributed by atoms with Gasteiger partial charge in [-0.3, -0.25) is 9.13 Å². The van der Waals surface area contributed by atoms with Gasteiger partial charge in [-0.2, -0.15) is 0 Å². The van der Waals surface area contributed by atoms with E-state index >= 15 is 0 Å². The average molecular weight is 1220 g/mol. The molecule has 6 aliphatic rings.